The van der Waals surface area contributed by atoms with Crippen LogP contribution in [-0.4, -0.2) is 19.7 Å². The summed E-state index contributed by atoms with van der Waals surface area (Å²) < 4.78 is 11.6. The van der Waals surface area contributed by atoms with Gasteiger partial charge in [-0.2, -0.15) is 0 Å². The van der Waals surface area contributed by atoms with Crippen LogP contribution >= 0.6 is 12.4 Å². The van der Waals surface area contributed by atoms with Crippen LogP contribution in [0.1, 0.15) is 12.8 Å². The van der Waals surface area contributed by atoms with Crippen molar-refractivity contribution in [2.24, 2.45) is 5.92 Å². The van der Waals surface area contributed by atoms with Crippen molar-refractivity contribution in [2.75, 3.05) is 19.7 Å². The van der Waals surface area contributed by atoms with Crippen LogP contribution in [0, 0.1) is 5.92 Å². The Balaban J connectivity index is 0.00000176. The van der Waals surface area contributed by atoms with E-state index in [2.05, 4.69) is 5.32 Å². The number of piperidine rings is 1. The Morgan fingerprint density at radius 1 is 0.818 bits per heavy atom. The first-order valence-corrected chi connectivity index (χ1v) is 7.56. The van der Waals surface area contributed by atoms with Gasteiger partial charge >= 0.3 is 0 Å². The second-order valence-corrected chi connectivity index (χ2v) is 5.39. The molecule has 2 aromatic carbocycles. The van der Waals surface area contributed by atoms with Crippen LogP contribution in [0.5, 0.6) is 17.2 Å². The predicted octanol–water partition coefficient (Wildman–Crippen LogP) is 4.28. The molecule has 0 unspecified atom stereocenters. The Labute approximate surface area is 138 Å². The van der Waals surface area contributed by atoms with Gasteiger partial charge in [0, 0.05) is 0 Å². The highest BCUT2D eigenvalue weighted by Gasteiger charge is 2.13. The Morgan fingerprint density at radius 3 is 2.09 bits per heavy atom. The SMILES string of the molecule is Cl.c1ccc(Oc2ccc(OCC3CCNCC3)cc2)cc1. The van der Waals surface area contributed by atoms with Crippen molar-refractivity contribution in [3.63, 3.8) is 0 Å². The molecule has 1 fully saturated rings. The van der Waals surface area contributed by atoms with E-state index in [1.54, 1.807) is 0 Å². The van der Waals surface area contributed by atoms with Gasteiger partial charge in [0.05, 0.1) is 6.61 Å². The normalized spacial score (nSPS) is 14.9. The van der Waals surface area contributed by atoms with Crippen molar-refractivity contribution in [3.05, 3.63) is 54.6 Å². The molecule has 4 heteroatoms. The zero-order valence-electron chi connectivity index (χ0n) is 12.5. The highest BCUT2D eigenvalue weighted by molar-refractivity contribution is 5.85. The summed E-state index contributed by atoms with van der Waals surface area (Å²) in [6, 6.07) is 17.6. The Bertz CT molecular complexity index is 539. The molecule has 0 amide bonds. The van der Waals surface area contributed by atoms with E-state index in [1.165, 1.54) is 12.8 Å². The molecule has 0 spiro atoms. The van der Waals surface area contributed by atoms with Crippen LogP contribution in [0.2, 0.25) is 0 Å². The summed E-state index contributed by atoms with van der Waals surface area (Å²) in [5.74, 6) is 3.26. The van der Waals surface area contributed by atoms with Gasteiger partial charge in [-0.1, -0.05) is 18.2 Å². The highest BCUT2D eigenvalue weighted by atomic mass is 35.5. The minimum atomic E-state index is 0. The van der Waals surface area contributed by atoms with Crippen molar-refractivity contribution in [2.45, 2.75) is 12.8 Å². The fraction of sp³-hybridized carbons (Fsp3) is 0.333. The van der Waals surface area contributed by atoms with Crippen molar-refractivity contribution in [1.82, 2.24) is 5.32 Å². The second kappa shape index (κ2) is 8.66. The molecular weight excluding hydrogens is 298 g/mol. The molecule has 1 N–H and O–H groups in total. The van der Waals surface area contributed by atoms with E-state index in [4.69, 9.17) is 9.47 Å². The minimum absolute atomic E-state index is 0. The fourth-order valence-corrected chi connectivity index (χ4v) is 2.49. The molecule has 1 aliphatic rings. The first-order valence-electron chi connectivity index (χ1n) is 7.56. The average molecular weight is 320 g/mol. The molecule has 1 aliphatic heterocycles. The first kappa shape index (κ1) is 16.7. The second-order valence-electron chi connectivity index (χ2n) is 5.39. The number of hydrogen-bond acceptors (Lipinski definition) is 3. The smallest absolute Gasteiger partial charge is 0.127 e. The number of hydrogen-bond donors (Lipinski definition) is 1. The number of ether oxygens (including phenoxy) is 2. The van der Waals surface area contributed by atoms with E-state index < -0.39 is 0 Å². The van der Waals surface area contributed by atoms with Gasteiger partial charge in [0.25, 0.3) is 0 Å². The van der Waals surface area contributed by atoms with Gasteiger partial charge in [-0.25, -0.2) is 0 Å². The summed E-state index contributed by atoms with van der Waals surface area (Å²) in [6.07, 6.45) is 2.41. The van der Waals surface area contributed by atoms with E-state index in [0.29, 0.717) is 5.92 Å². The molecule has 0 bridgehead atoms. The van der Waals surface area contributed by atoms with Crippen molar-refractivity contribution in [3.8, 4) is 17.2 Å². The van der Waals surface area contributed by atoms with Gasteiger partial charge in [-0.15, -0.1) is 12.4 Å². The van der Waals surface area contributed by atoms with Gasteiger partial charge in [0.2, 0.25) is 0 Å². The molecule has 0 aromatic heterocycles. The Kier molecular flexibility index (Phi) is 6.56. The quantitative estimate of drug-likeness (QED) is 0.892. The molecule has 2 aromatic rings. The van der Waals surface area contributed by atoms with E-state index in [9.17, 15) is 0 Å². The molecule has 22 heavy (non-hydrogen) atoms. The van der Waals surface area contributed by atoms with Crippen molar-refractivity contribution >= 4 is 12.4 Å². The lowest BCUT2D eigenvalue weighted by atomic mass is 9.99. The van der Waals surface area contributed by atoms with Gasteiger partial charge in [-0.05, 0) is 68.2 Å². The third-order valence-corrected chi connectivity index (χ3v) is 3.75. The van der Waals surface area contributed by atoms with Crippen LogP contribution < -0.4 is 14.8 Å². The summed E-state index contributed by atoms with van der Waals surface area (Å²) in [4.78, 5) is 0. The number of benzene rings is 2. The first-order chi connectivity index (χ1) is 10.4. The molecule has 3 rings (SSSR count). The molecule has 0 saturated carbocycles. The molecule has 3 nitrogen and oxygen atoms in total. The Hall–Kier alpha value is -1.71. The summed E-state index contributed by atoms with van der Waals surface area (Å²) in [5, 5.41) is 3.37. The van der Waals surface area contributed by atoms with Crippen molar-refractivity contribution in [1.29, 1.82) is 0 Å². The monoisotopic (exact) mass is 319 g/mol. The van der Waals surface area contributed by atoms with Crippen LogP contribution in [0.25, 0.3) is 0 Å². The molecule has 1 heterocycles. The summed E-state index contributed by atoms with van der Waals surface area (Å²) in [5.41, 5.74) is 0. The molecule has 1 saturated heterocycles. The summed E-state index contributed by atoms with van der Waals surface area (Å²) in [7, 11) is 0. The fourth-order valence-electron chi connectivity index (χ4n) is 2.49. The van der Waals surface area contributed by atoms with E-state index >= 15 is 0 Å². The molecular formula is C18H22ClNO2. The Morgan fingerprint density at radius 2 is 1.41 bits per heavy atom. The highest BCUT2D eigenvalue weighted by Crippen LogP contribution is 2.24. The van der Waals surface area contributed by atoms with E-state index in [1.807, 2.05) is 54.6 Å². The van der Waals surface area contributed by atoms with Crippen LogP contribution in [0.4, 0.5) is 0 Å². The van der Waals surface area contributed by atoms with Gasteiger partial charge in [0.15, 0.2) is 0 Å². The lowest BCUT2D eigenvalue weighted by Crippen LogP contribution is -2.30. The van der Waals surface area contributed by atoms with Crippen LogP contribution in [0.15, 0.2) is 54.6 Å². The molecule has 0 aliphatic carbocycles. The average Bonchev–Trinajstić information content (AvgIpc) is 2.56. The maximum absolute atomic E-state index is 5.87. The minimum Gasteiger partial charge on any atom is -0.493 e. The van der Waals surface area contributed by atoms with E-state index in [-0.39, 0.29) is 12.4 Å². The number of para-hydroxylation sites is 1. The zero-order valence-corrected chi connectivity index (χ0v) is 13.4. The predicted molar refractivity (Wildman–Crippen MR) is 91.3 cm³/mol. The number of nitrogens with one attached hydrogen (secondary N) is 1. The molecule has 0 radical (unpaired) electrons. The van der Waals surface area contributed by atoms with Gasteiger partial charge in [0.1, 0.15) is 17.2 Å². The third kappa shape index (κ3) is 4.93. The topological polar surface area (TPSA) is 30.5 Å². The largest absolute Gasteiger partial charge is 0.493 e. The standard InChI is InChI=1S/C18H21NO2.ClH/c1-2-4-17(5-3-1)21-18-8-6-16(7-9-18)20-14-15-10-12-19-13-11-15;/h1-9,15,19H,10-14H2;1H. The lowest BCUT2D eigenvalue weighted by molar-refractivity contribution is 0.215. The van der Waals surface area contributed by atoms with Crippen LogP contribution in [-0.2, 0) is 0 Å². The third-order valence-electron chi connectivity index (χ3n) is 3.75. The van der Waals surface area contributed by atoms with E-state index in [0.717, 1.165) is 36.9 Å². The lowest BCUT2D eigenvalue weighted by Gasteiger charge is -2.22. The number of halogens is 1. The zero-order chi connectivity index (χ0) is 14.3. The van der Waals surface area contributed by atoms with Crippen molar-refractivity contribution < 1.29 is 9.47 Å². The van der Waals surface area contributed by atoms with Gasteiger partial charge in [-0.3, -0.25) is 0 Å². The summed E-state index contributed by atoms with van der Waals surface area (Å²) >= 11 is 0. The molecule has 0 atom stereocenters. The number of rotatable bonds is 5. The summed E-state index contributed by atoms with van der Waals surface area (Å²) in [6.45, 7) is 3.02. The molecule has 118 valence electrons. The maximum atomic E-state index is 5.87. The van der Waals surface area contributed by atoms with Gasteiger partial charge < -0.3 is 14.8 Å². The van der Waals surface area contributed by atoms with Crippen LogP contribution in [0.3, 0.4) is 0 Å². The maximum Gasteiger partial charge on any atom is 0.127 e.